The molecule has 2 aromatic rings. The molecule has 1 aliphatic carbocycles. The first kappa shape index (κ1) is 16.5. The highest BCUT2D eigenvalue weighted by Gasteiger charge is 2.27. The number of fused-ring (bicyclic) bond motifs is 1. The summed E-state index contributed by atoms with van der Waals surface area (Å²) < 4.78 is 29.4. The van der Waals surface area contributed by atoms with Gasteiger partial charge in [-0.2, -0.15) is 9.40 Å². The highest BCUT2D eigenvalue weighted by atomic mass is 32.2. The van der Waals surface area contributed by atoms with Crippen molar-refractivity contribution in [1.29, 1.82) is 0 Å². The summed E-state index contributed by atoms with van der Waals surface area (Å²) in [5.41, 5.74) is 4.74. The van der Waals surface area contributed by atoms with E-state index in [1.165, 1.54) is 17.5 Å². The van der Waals surface area contributed by atoms with Gasteiger partial charge in [0.05, 0.1) is 10.6 Å². The van der Waals surface area contributed by atoms with Crippen LogP contribution < -0.4 is 0 Å². The molecule has 5 nitrogen and oxygen atoms in total. The third kappa shape index (κ3) is 3.04. The standard InChI is InChI=1S/C19H23N3O2S/c1-21-19(8-11-20-21)16-9-12-22(13-10-16)25(23,24)18-7-6-15-4-2-3-5-17(15)14-18/h6-9,11,14H,2-5,10,12-13H2,1H3. The second-order valence-corrected chi connectivity index (χ2v) is 8.76. The monoisotopic (exact) mass is 357 g/mol. The number of nitrogens with zero attached hydrogens (tertiary/aromatic N) is 3. The molecule has 0 N–H and O–H groups in total. The Bertz CT molecular complexity index is 928. The van der Waals surface area contributed by atoms with Crippen molar-refractivity contribution >= 4 is 15.6 Å². The van der Waals surface area contributed by atoms with E-state index in [1.807, 2.05) is 36.0 Å². The molecule has 0 radical (unpaired) electrons. The molecule has 0 spiro atoms. The van der Waals surface area contributed by atoms with Crippen molar-refractivity contribution in [3.8, 4) is 0 Å². The molecule has 0 saturated carbocycles. The van der Waals surface area contributed by atoms with E-state index in [-0.39, 0.29) is 0 Å². The van der Waals surface area contributed by atoms with Gasteiger partial charge < -0.3 is 0 Å². The Morgan fingerprint density at radius 2 is 1.84 bits per heavy atom. The van der Waals surface area contributed by atoms with Gasteiger partial charge in [-0.05, 0) is 67.0 Å². The van der Waals surface area contributed by atoms with Gasteiger partial charge in [-0.1, -0.05) is 12.1 Å². The summed E-state index contributed by atoms with van der Waals surface area (Å²) >= 11 is 0. The van der Waals surface area contributed by atoms with Crippen LogP contribution in [0.25, 0.3) is 5.57 Å². The summed E-state index contributed by atoms with van der Waals surface area (Å²) in [7, 11) is -1.52. The fourth-order valence-corrected chi connectivity index (χ4v) is 5.24. The van der Waals surface area contributed by atoms with E-state index < -0.39 is 10.0 Å². The number of rotatable bonds is 3. The predicted octanol–water partition coefficient (Wildman–Crippen LogP) is 2.78. The van der Waals surface area contributed by atoms with E-state index in [0.717, 1.165) is 30.5 Å². The van der Waals surface area contributed by atoms with Gasteiger partial charge in [-0.15, -0.1) is 0 Å². The first-order chi connectivity index (χ1) is 12.1. The molecule has 4 rings (SSSR count). The molecule has 1 aromatic heterocycles. The number of aromatic nitrogens is 2. The van der Waals surface area contributed by atoms with Crippen LogP contribution in [0.5, 0.6) is 0 Å². The van der Waals surface area contributed by atoms with Gasteiger partial charge in [0.15, 0.2) is 0 Å². The van der Waals surface area contributed by atoms with Gasteiger partial charge in [-0.3, -0.25) is 4.68 Å². The van der Waals surface area contributed by atoms with Gasteiger partial charge in [-0.25, -0.2) is 8.42 Å². The number of benzene rings is 1. The second kappa shape index (κ2) is 6.42. The summed E-state index contributed by atoms with van der Waals surface area (Å²) in [4.78, 5) is 0.436. The molecule has 6 heteroatoms. The first-order valence-corrected chi connectivity index (χ1v) is 10.3. The maximum atomic E-state index is 13.0. The van der Waals surface area contributed by atoms with Crippen molar-refractivity contribution in [1.82, 2.24) is 14.1 Å². The van der Waals surface area contributed by atoms with Crippen molar-refractivity contribution < 1.29 is 8.42 Å². The summed E-state index contributed by atoms with van der Waals surface area (Å²) in [6.07, 6.45) is 8.90. The fraction of sp³-hybridized carbons (Fsp3) is 0.421. The van der Waals surface area contributed by atoms with Crippen LogP contribution in [0.3, 0.4) is 0 Å². The number of sulfonamides is 1. The average molecular weight is 357 g/mol. The number of hydrogen-bond donors (Lipinski definition) is 0. The zero-order valence-corrected chi connectivity index (χ0v) is 15.3. The normalized spacial score (nSPS) is 18.7. The van der Waals surface area contributed by atoms with Crippen LogP contribution in [0.15, 0.2) is 41.4 Å². The highest BCUT2D eigenvalue weighted by Crippen LogP contribution is 2.28. The van der Waals surface area contributed by atoms with Gasteiger partial charge in [0.2, 0.25) is 10.0 Å². The van der Waals surface area contributed by atoms with Crippen LogP contribution in [-0.2, 0) is 29.9 Å². The van der Waals surface area contributed by atoms with Gasteiger partial charge >= 0.3 is 0 Å². The first-order valence-electron chi connectivity index (χ1n) is 8.85. The van der Waals surface area contributed by atoms with Gasteiger partial charge in [0.25, 0.3) is 0 Å². The summed E-state index contributed by atoms with van der Waals surface area (Å²) in [6.45, 7) is 0.927. The molecule has 0 atom stereocenters. The van der Waals surface area contributed by atoms with Gasteiger partial charge in [0, 0.05) is 26.3 Å². The Morgan fingerprint density at radius 3 is 2.52 bits per heavy atom. The third-order valence-corrected chi connectivity index (χ3v) is 7.14. The topological polar surface area (TPSA) is 55.2 Å². The van der Waals surface area contributed by atoms with Gasteiger partial charge in [0.1, 0.15) is 0 Å². The molecular formula is C19H23N3O2S. The minimum absolute atomic E-state index is 0.417. The molecule has 0 amide bonds. The lowest BCUT2D eigenvalue weighted by Crippen LogP contribution is -2.35. The Hall–Kier alpha value is -1.92. The largest absolute Gasteiger partial charge is 0.268 e. The molecule has 1 aromatic carbocycles. The van der Waals surface area contributed by atoms with Crippen LogP contribution >= 0.6 is 0 Å². The fourth-order valence-electron chi connectivity index (χ4n) is 3.81. The minimum Gasteiger partial charge on any atom is -0.268 e. The Kier molecular flexibility index (Phi) is 4.25. The zero-order chi connectivity index (χ0) is 17.4. The van der Waals surface area contributed by atoms with E-state index >= 15 is 0 Å². The van der Waals surface area contributed by atoms with E-state index in [0.29, 0.717) is 24.4 Å². The molecule has 0 bridgehead atoms. The third-order valence-electron chi connectivity index (χ3n) is 5.28. The van der Waals surface area contributed by atoms with Crippen LogP contribution in [0.2, 0.25) is 0 Å². The lowest BCUT2D eigenvalue weighted by molar-refractivity contribution is 0.440. The van der Waals surface area contributed by atoms with Crippen molar-refractivity contribution in [3.05, 3.63) is 53.4 Å². The van der Waals surface area contributed by atoms with E-state index in [4.69, 9.17) is 0 Å². The molecule has 0 unspecified atom stereocenters. The van der Waals surface area contributed by atoms with Crippen LogP contribution in [-0.4, -0.2) is 35.6 Å². The Morgan fingerprint density at radius 1 is 1.04 bits per heavy atom. The summed E-state index contributed by atoms with van der Waals surface area (Å²) in [6, 6.07) is 7.64. The Labute approximate surface area is 149 Å². The van der Waals surface area contributed by atoms with Crippen molar-refractivity contribution in [2.45, 2.75) is 37.0 Å². The van der Waals surface area contributed by atoms with Crippen molar-refractivity contribution in [2.75, 3.05) is 13.1 Å². The predicted molar refractivity (Wildman–Crippen MR) is 97.6 cm³/mol. The van der Waals surface area contributed by atoms with E-state index in [2.05, 4.69) is 5.10 Å². The molecule has 0 saturated heterocycles. The molecule has 0 fully saturated rings. The quantitative estimate of drug-likeness (QED) is 0.849. The molecular weight excluding hydrogens is 334 g/mol. The molecule has 1 aliphatic heterocycles. The lowest BCUT2D eigenvalue weighted by Gasteiger charge is -2.26. The molecule has 132 valence electrons. The summed E-state index contributed by atoms with van der Waals surface area (Å²) in [5, 5.41) is 4.19. The lowest BCUT2D eigenvalue weighted by atomic mass is 9.92. The highest BCUT2D eigenvalue weighted by molar-refractivity contribution is 7.89. The molecule has 2 aliphatic rings. The summed E-state index contributed by atoms with van der Waals surface area (Å²) in [5.74, 6) is 0. The van der Waals surface area contributed by atoms with E-state index in [1.54, 1.807) is 16.6 Å². The Balaban J connectivity index is 1.58. The smallest absolute Gasteiger partial charge is 0.243 e. The minimum atomic E-state index is -3.43. The second-order valence-electron chi connectivity index (χ2n) is 6.82. The van der Waals surface area contributed by atoms with Crippen LogP contribution in [0.4, 0.5) is 0 Å². The van der Waals surface area contributed by atoms with E-state index in [9.17, 15) is 8.42 Å². The zero-order valence-electron chi connectivity index (χ0n) is 14.5. The molecule has 2 heterocycles. The number of aryl methyl sites for hydroxylation is 3. The van der Waals surface area contributed by atoms with Crippen molar-refractivity contribution in [3.63, 3.8) is 0 Å². The maximum absolute atomic E-state index is 13.0. The SMILES string of the molecule is Cn1nccc1C1=CCN(S(=O)(=O)c2ccc3c(c2)CCCC3)CC1. The van der Waals surface area contributed by atoms with Crippen LogP contribution in [0.1, 0.15) is 36.1 Å². The molecule has 25 heavy (non-hydrogen) atoms. The maximum Gasteiger partial charge on any atom is 0.243 e. The van der Waals surface area contributed by atoms with Crippen molar-refractivity contribution in [2.24, 2.45) is 7.05 Å². The number of hydrogen-bond acceptors (Lipinski definition) is 3. The average Bonchev–Trinajstić information content (AvgIpc) is 3.07. The van der Waals surface area contributed by atoms with Crippen LogP contribution in [0, 0.1) is 0 Å².